The molecule has 1 aliphatic carbocycles. The monoisotopic (exact) mass is 429 g/mol. The van der Waals surface area contributed by atoms with Gasteiger partial charge in [0.1, 0.15) is 5.82 Å². The number of carbonyl (C=O) groups is 1. The van der Waals surface area contributed by atoms with Crippen LogP contribution in [0.4, 0.5) is 5.82 Å². The van der Waals surface area contributed by atoms with Crippen molar-refractivity contribution >= 4 is 34.2 Å². The van der Waals surface area contributed by atoms with Crippen LogP contribution in [0.15, 0.2) is 30.3 Å². The van der Waals surface area contributed by atoms with Crippen molar-refractivity contribution in [3.05, 3.63) is 35.4 Å². The molecular formula is C24H32ClN3O2. The Morgan fingerprint density at radius 2 is 1.97 bits per heavy atom. The van der Waals surface area contributed by atoms with Gasteiger partial charge in [0.25, 0.3) is 0 Å². The lowest BCUT2D eigenvalue weighted by Crippen LogP contribution is -2.53. The van der Waals surface area contributed by atoms with Gasteiger partial charge in [-0.2, -0.15) is 0 Å². The van der Waals surface area contributed by atoms with Crippen molar-refractivity contribution in [2.45, 2.75) is 52.0 Å². The van der Waals surface area contributed by atoms with Crippen LogP contribution in [0, 0.1) is 17.3 Å². The molecule has 162 valence electrons. The molecule has 2 N–H and O–H groups in total. The molecule has 6 heteroatoms. The van der Waals surface area contributed by atoms with Crippen LogP contribution >= 0.6 is 11.6 Å². The minimum atomic E-state index is -0.151. The van der Waals surface area contributed by atoms with Gasteiger partial charge in [-0.15, -0.1) is 0 Å². The van der Waals surface area contributed by atoms with Crippen LogP contribution in [0.5, 0.6) is 0 Å². The van der Waals surface area contributed by atoms with Crippen molar-refractivity contribution in [2.75, 3.05) is 24.6 Å². The number of piperidine rings is 1. The maximum absolute atomic E-state index is 13.1. The molecule has 0 spiro atoms. The lowest BCUT2D eigenvalue weighted by Gasteiger charge is -2.44. The van der Waals surface area contributed by atoms with E-state index in [0.29, 0.717) is 10.9 Å². The van der Waals surface area contributed by atoms with Gasteiger partial charge >= 0.3 is 0 Å². The Kier molecular flexibility index (Phi) is 6.21. The molecule has 1 saturated heterocycles. The SMILES string of the molecule is CC1(C)CN(c2ccc3cccc(Cl)c3n2)CC[C@@H]1C(=O)NC1CCC(CO)CC1. The number of fused-ring (bicyclic) bond motifs is 1. The molecule has 2 heterocycles. The molecule has 0 radical (unpaired) electrons. The summed E-state index contributed by atoms with van der Waals surface area (Å²) in [5.74, 6) is 1.50. The van der Waals surface area contributed by atoms with Crippen molar-refractivity contribution in [3.8, 4) is 0 Å². The van der Waals surface area contributed by atoms with Crippen LogP contribution in [0.25, 0.3) is 10.9 Å². The molecule has 1 aromatic heterocycles. The van der Waals surface area contributed by atoms with Gasteiger partial charge in [0, 0.05) is 37.0 Å². The zero-order valence-electron chi connectivity index (χ0n) is 17.9. The number of pyridine rings is 1. The molecule has 1 atom stereocenters. The van der Waals surface area contributed by atoms with Crippen LogP contribution in [0.1, 0.15) is 46.0 Å². The summed E-state index contributed by atoms with van der Waals surface area (Å²) in [6.45, 7) is 6.22. The first-order chi connectivity index (χ1) is 14.4. The highest BCUT2D eigenvalue weighted by Gasteiger charge is 2.41. The van der Waals surface area contributed by atoms with E-state index in [-0.39, 0.29) is 29.9 Å². The zero-order valence-corrected chi connectivity index (χ0v) is 18.7. The number of aliphatic hydroxyl groups excluding tert-OH is 1. The highest BCUT2D eigenvalue weighted by atomic mass is 35.5. The maximum atomic E-state index is 13.1. The van der Waals surface area contributed by atoms with Crippen molar-refractivity contribution in [2.24, 2.45) is 17.3 Å². The molecule has 30 heavy (non-hydrogen) atoms. The van der Waals surface area contributed by atoms with E-state index in [9.17, 15) is 9.90 Å². The van der Waals surface area contributed by atoms with E-state index in [1.165, 1.54) is 0 Å². The number of hydrogen-bond donors (Lipinski definition) is 2. The van der Waals surface area contributed by atoms with Crippen LogP contribution in [-0.4, -0.2) is 41.7 Å². The number of anilines is 1. The number of para-hydroxylation sites is 1. The van der Waals surface area contributed by atoms with Gasteiger partial charge in [0.15, 0.2) is 0 Å². The molecule has 4 rings (SSSR count). The number of nitrogens with one attached hydrogen (secondary N) is 1. The molecule has 1 aliphatic heterocycles. The van der Waals surface area contributed by atoms with Gasteiger partial charge in [0.2, 0.25) is 5.91 Å². The second kappa shape index (κ2) is 8.72. The molecule has 1 saturated carbocycles. The van der Waals surface area contributed by atoms with Crippen molar-refractivity contribution in [1.82, 2.24) is 10.3 Å². The van der Waals surface area contributed by atoms with Gasteiger partial charge in [-0.1, -0.05) is 37.6 Å². The quantitative estimate of drug-likeness (QED) is 0.755. The lowest BCUT2D eigenvalue weighted by molar-refractivity contribution is -0.130. The number of rotatable bonds is 4. The minimum absolute atomic E-state index is 0.00615. The van der Waals surface area contributed by atoms with E-state index in [0.717, 1.165) is 61.9 Å². The number of aliphatic hydroxyl groups is 1. The topological polar surface area (TPSA) is 65.5 Å². The second-order valence-corrected chi connectivity index (χ2v) is 10.0. The Morgan fingerprint density at radius 3 is 2.67 bits per heavy atom. The van der Waals surface area contributed by atoms with Crippen LogP contribution in [-0.2, 0) is 4.79 Å². The van der Waals surface area contributed by atoms with E-state index >= 15 is 0 Å². The van der Waals surface area contributed by atoms with Gasteiger partial charge in [-0.25, -0.2) is 4.98 Å². The third-order valence-electron chi connectivity index (χ3n) is 6.98. The summed E-state index contributed by atoms with van der Waals surface area (Å²) < 4.78 is 0. The zero-order chi connectivity index (χ0) is 21.3. The predicted octanol–water partition coefficient (Wildman–Crippen LogP) is 4.41. The van der Waals surface area contributed by atoms with Gasteiger partial charge in [-0.05, 0) is 61.6 Å². The minimum Gasteiger partial charge on any atom is -0.396 e. The largest absolute Gasteiger partial charge is 0.396 e. The third kappa shape index (κ3) is 4.42. The highest BCUT2D eigenvalue weighted by molar-refractivity contribution is 6.35. The Labute approximate surface area is 183 Å². The molecule has 0 bridgehead atoms. The fraction of sp³-hybridized carbons (Fsp3) is 0.583. The summed E-state index contributed by atoms with van der Waals surface area (Å²) in [6, 6.07) is 10.2. The number of halogens is 1. The molecule has 1 aromatic carbocycles. The van der Waals surface area contributed by atoms with E-state index in [1.54, 1.807) is 0 Å². The Bertz CT molecular complexity index is 908. The van der Waals surface area contributed by atoms with Gasteiger partial charge < -0.3 is 15.3 Å². The lowest BCUT2D eigenvalue weighted by atomic mass is 9.73. The van der Waals surface area contributed by atoms with Gasteiger partial charge in [-0.3, -0.25) is 4.79 Å². The summed E-state index contributed by atoms with van der Waals surface area (Å²) in [5.41, 5.74) is 0.676. The average molecular weight is 430 g/mol. The summed E-state index contributed by atoms with van der Waals surface area (Å²) in [6.07, 6.45) is 4.75. The fourth-order valence-electron chi connectivity index (χ4n) is 5.11. The normalized spacial score (nSPS) is 26.5. The Morgan fingerprint density at radius 1 is 1.20 bits per heavy atom. The summed E-state index contributed by atoms with van der Waals surface area (Å²) in [5, 5.41) is 14.3. The average Bonchev–Trinajstić information content (AvgIpc) is 2.73. The predicted molar refractivity (Wildman–Crippen MR) is 122 cm³/mol. The molecule has 2 aliphatic rings. The second-order valence-electron chi connectivity index (χ2n) is 9.64. The first-order valence-electron chi connectivity index (χ1n) is 11.1. The van der Waals surface area contributed by atoms with Crippen molar-refractivity contribution in [3.63, 3.8) is 0 Å². The summed E-state index contributed by atoms with van der Waals surface area (Å²) in [7, 11) is 0. The smallest absolute Gasteiger partial charge is 0.224 e. The van der Waals surface area contributed by atoms with E-state index < -0.39 is 0 Å². The first-order valence-corrected chi connectivity index (χ1v) is 11.5. The number of nitrogens with zero attached hydrogens (tertiary/aromatic N) is 2. The van der Waals surface area contributed by atoms with Gasteiger partial charge in [0.05, 0.1) is 10.5 Å². The molecular weight excluding hydrogens is 398 g/mol. The van der Waals surface area contributed by atoms with Crippen molar-refractivity contribution in [1.29, 1.82) is 0 Å². The van der Waals surface area contributed by atoms with E-state index in [4.69, 9.17) is 16.6 Å². The third-order valence-corrected chi connectivity index (χ3v) is 7.28. The number of amides is 1. The van der Waals surface area contributed by atoms with E-state index in [1.807, 2.05) is 18.2 Å². The standard InChI is InChI=1S/C24H32ClN3O2/c1-24(2)15-28(21-11-8-17-4-3-5-20(25)22(17)27-21)13-12-19(24)23(30)26-18-9-6-16(14-29)7-10-18/h3-5,8,11,16,18-19,29H,6-7,9-10,12-15H2,1-2H3,(H,26,30)/t16?,18?,19-/m1/s1. The van der Waals surface area contributed by atoms with Crippen LogP contribution in [0.3, 0.4) is 0 Å². The van der Waals surface area contributed by atoms with Crippen LogP contribution in [0.2, 0.25) is 5.02 Å². The number of aromatic nitrogens is 1. The fourth-order valence-corrected chi connectivity index (χ4v) is 5.33. The summed E-state index contributed by atoms with van der Waals surface area (Å²) >= 11 is 6.35. The summed E-state index contributed by atoms with van der Waals surface area (Å²) in [4.78, 5) is 20.2. The molecule has 2 fully saturated rings. The molecule has 1 amide bonds. The maximum Gasteiger partial charge on any atom is 0.224 e. The van der Waals surface area contributed by atoms with Crippen LogP contribution < -0.4 is 10.2 Å². The molecule has 5 nitrogen and oxygen atoms in total. The number of benzene rings is 1. The number of carbonyl (C=O) groups excluding carboxylic acids is 1. The Hall–Kier alpha value is -1.85. The molecule has 0 unspecified atom stereocenters. The Balaban J connectivity index is 1.42. The highest BCUT2D eigenvalue weighted by Crippen LogP contribution is 2.37. The van der Waals surface area contributed by atoms with E-state index in [2.05, 4.69) is 36.2 Å². The molecule has 2 aromatic rings. The van der Waals surface area contributed by atoms with Crippen molar-refractivity contribution < 1.29 is 9.90 Å². The first kappa shape index (κ1) is 21.4. The number of hydrogen-bond acceptors (Lipinski definition) is 4.